The van der Waals surface area contributed by atoms with Crippen molar-refractivity contribution in [3.63, 3.8) is 0 Å². The summed E-state index contributed by atoms with van der Waals surface area (Å²) in [5, 5.41) is 9.18. The molecule has 13 heavy (non-hydrogen) atoms. The van der Waals surface area contributed by atoms with Crippen LogP contribution in [0.1, 0.15) is 60.3 Å². The Bertz CT molecular complexity index is 136. The van der Waals surface area contributed by atoms with Crippen LogP contribution in [0.2, 0.25) is 0 Å². The lowest BCUT2D eigenvalue weighted by atomic mass is 9.73. The number of unbranched alkanes of at least 4 members (excludes halogenated alkanes) is 1. The molecular formula is C12H26O. The van der Waals surface area contributed by atoms with Gasteiger partial charge in [-0.2, -0.15) is 0 Å². The van der Waals surface area contributed by atoms with Gasteiger partial charge in [-0.25, -0.2) is 0 Å². The highest BCUT2D eigenvalue weighted by molar-refractivity contribution is 4.78. The number of rotatable bonds is 6. The van der Waals surface area contributed by atoms with Crippen LogP contribution in [-0.2, 0) is 0 Å². The summed E-state index contributed by atoms with van der Waals surface area (Å²) < 4.78 is 0. The Balaban J connectivity index is 4.00. The minimum atomic E-state index is 0.0806. The first-order chi connectivity index (χ1) is 5.83. The predicted molar refractivity (Wildman–Crippen MR) is 58.8 cm³/mol. The molecule has 0 aromatic carbocycles. The van der Waals surface area contributed by atoms with Gasteiger partial charge in [0.25, 0.3) is 0 Å². The largest absolute Gasteiger partial charge is 0.396 e. The first-order valence-electron chi connectivity index (χ1n) is 5.44. The maximum atomic E-state index is 9.18. The molecule has 1 N–H and O–H groups in total. The zero-order valence-electron chi connectivity index (χ0n) is 9.98. The summed E-state index contributed by atoms with van der Waals surface area (Å²) >= 11 is 0. The van der Waals surface area contributed by atoms with Crippen LogP contribution in [0.5, 0.6) is 0 Å². The standard InChI is InChI=1S/C12H26O/c1-6-7-8-11(2,3)9-12(4,5)10-13/h13H,6-10H2,1-5H3. The highest BCUT2D eigenvalue weighted by Gasteiger charge is 2.27. The molecule has 0 saturated heterocycles. The van der Waals surface area contributed by atoms with Gasteiger partial charge in [-0.05, 0) is 23.7 Å². The lowest BCUT2D eigenvalue weighted by molar-refractivity contribution is 0.0976. The summed E-state index contributed by atoms with van der Waals surface area (Å²) in [6.07, 6.45) is 4.95. The normalized spacial score (nSPS) is 13.4. The molecule has 0 spiro atoms. The van der Waals surface area contributed by atoms with Crippen molar-refractivity contribution in [3.05, 3.63) is 0 Å². The summed E-state index contributed by atoms with van der Waals surface area (Å²) in [6.45, 7) is 11.4. The highest BCUT2D eigenvalue weighted by atomic mass is 16.3. The van der Waals surface area contributed by atoms with Gasteiger partial charge in [0.15, 0.2) is 0 Å². The topological polar surface area (TPSA) is 20.2 Å². The van der Waals surface area contributed by atoms with Crippen LogP contribution in [-0.4, -0.2) is 11.7 Å². The Morgan fingerprint density at radius 1 is 1.00 bits per heavy atom. The Kier molecular flexibility index (Phi) is 4.98. The Labute approximate surface area is 83.5 Å². The molecule has 0 amide bonds. The fourth-order valence-corrected chi connectivity index (χ4v) is 2.10. The highest BCUT2D eigenvalue weighted by Crippen LogP contribution is 2.36. The van der Waals surface area contributed by atoms with Gasteiger partial charge in [-0.1, -0.05) is 47.5 Å². The van der Waals surface area contributed by atoms with E-state index in [1.165, 1.54) is 19.3 Å². The quantitative estimate of drug-likeness (QED) is 0.672. The molecule has 0 fully saturated rings. The van der Waals surface area contributed by atoms with Crippen molar-refractivity contribution in [3.8, 4) is 0 Å². The van der Waals surface area contributed by atoms with Crippen LogP contribution in [0, 0.1) is 10.8 Å². The van der Waals surface area contributed by atoms with Crippen molar-refractivity contribution in [1.82, 2.24) is 0 Å². The molecule has 0 saturated carbocycles. The van der Waals surface area contributed by atoms with Crippen molar-refractivity contribution in [2.75, 3.05) is 6.61 Å². The molecule has 0 heterocycles. The van der Waals surface area contributed by atoms with Crippen molar-refractivity contribution in [2.24, 2.45) is 10.8 Å². The van der Waals surface area contributed by atoms with Crippen LogP contribution in [0.15, 0.2) is 0 Å². The van der Waals surface area contributed by atoms with E-state index < -0.39 is 0 Å². The maximum Gasteiger partial charge on any atom is 0.0482 e. The predicted octanol–water partition coefficient (Wildman–Crippen LogP) is 3.61. The van der Waals surface area contributed by atoms with Crippen molar-refractivity contribution in [2.45, 2.75) is 60.3 Å². The molecule has 80 valence electrons. The van der Waals surface area contributed by atoms with Gasteiger partial charge in [0.05, 0.1) is 0 Å². The molecule has 0 atom stereocenters. The van der Waals surface area contributed by atoms with E-state index >= 15 is 0 Å². The third kappa shape index (κ3) is 6.09. The molecule has 0 aliphatic heterocycles. The van der Waals surface area contributed by atoms with Gasteiger partial charge in [-0.3, -0.25) is 0 Å². The third-order valence-corrected chi connectivity index (χ3v) is 2.59. The van der Waals surface area contributed by atoms with E-state index in [2.05, 4.69) is 34.6 Å². The van der Waals surface area contributed by atoms with E-state index in [0.717, 1.165) is 6.42 Å². The van der Waals surface area contributed by atoms with E-state index in [1.807, 2.05) is 0 Å². The molecular weight excluding hydrogens is 160 g/mol. The Morgan fingerprint density at radius 2 is 1.54 bits per heavy atom. The van der Waals surface area contributed by atoms with Crippen LogP contribution in [0.4, 0.5) is 0 Å². The number of aliphatic hydroxyl groups excluding tert-OH is 1. The molecule has 1 heteroatoms. The van der Waals surface area contributed by atoms with Gasteiger partial charge in [-0.15, -0.1) is 0 Å². The zero-order valence-corrected chi connectivity index (χ0v) is 9.98. The fraction of sp³-hybridized carbons (Fsp3) is 1.00. The molecule has 0 aliphatic carbocycles. The van der Waals surface area contributed by atoms with Crippen LogP contribution >= 0.6 is 0 Å². The molecule has 0 unspecified atom stereocenters. The molecule has 0 aromatic heterocycles. The average Bonchev–Trinajstić information content (AvgIpc) is 1.99. The van der Waals surface area contributed by atoms with Gasteiger partial charge < -0.3 is 5.11 Å². The molecule has 0 aromatic rings. The van der Waals surface area contributed by atoms with Gasteiger partial charge in [0.2, 0.25) is 0 Å². The van der Waals surface area contributed by atoms with Crippen LogP contribution in [0.25, 0.3) is 0 Å². The number of hydrogen-bond donors (Lipinski definition) is 1. The van der Waals surface area contributed by atoms with E-state index in [1.54, 1.807) is 0 Å². The second kappa shape index (κ2) is 4.99. The lowest BCUT2D eigenvalue weighted by Gasteiger charge is -2.33. The van der Waals surface area contributed by atoms with Crippen molar-refractivity contribution >= 4 is 0 Å². The third-order valence-electron chi connectivity index (χ3n) is 2.59. The fourth-order valence-electron chi connectivity index (χ4n) is 2.10. The minimum absolute atomic E-state index is 0.0806. The summed E-state index contributed by atoms with van der Waals surface area (Å²) in [4.78, 5) is 0. The summed E-state index contributed by atoms with van der Waals surface area (Å²) in [5.41, 5.74) is 0.458. The zero-order chi connectivity index (χ0) is 10.5. The lowest BCUT2D eigenvalue weighted by Crippen LogP contribution is -2.26. The summed E-state index contributed by atoms with van der Waals surface area (Å²) in [6, 6.07) is 0. The molecule has 0 bridgehead atoms. The minimum Gasteiger partial charge on any atom is -0.396 e. The second-order valence-electron chi connectivity index (χ2n) is 5.77. The van der Waals surface area contributed by atoms with Crippen molar-refractivity contribution in [1.29, 1.82) is 0 Å². The van der Waals surface area contributed by atoms with Gasteiger partial charge in [0.1, 0.15) is 0 Å². The monoisotopic (exact) mass is 186 g/mol. The average molecular weight is 186 g/mol. The van der Waals surface area contributed by atoms with E-state index in [-0.39, 0.29) is 5.41 Å². The second-order valence-corrected chi connectivity index (χ2v) is 5.77. The summed E-state index contributed by atoms with van der Waals surface area (Å²) in [5.74, 6) is 0. The maximum absolute atomic E-state index is 9.18. The first kappa shape index (κ1) is 13.0. The van der Waals surface area contributed by atoms with Gasteiger partial charge in [0, 0.05) is 6.61 Å². The van der Waals surface area contributed by atoms with E-state index in [9.17, 15) is 5.11 Å². The smallest absolute Gasteiger partial charge is 0.0482 e. The Hall–Kier alpha value is -0.0400. The molecule has 1 nitrogen and oxygen atoms in total. The summed E-state index contributed by atoms with van der Waals surface area (Å²) in [7, 11) is 0. The molecule has 0 aliphatic rings. The van der Waals surface area contributed by atoms with Gasteiger partial charge >= 0.3 is 0 Å². The SMILES string of the molecule is CCCCC(C)(C)CC(C)(C)CO. The Morgan fingerprint density at radius 3 is 1.92 bits per heavy atom. The van der Waals surface area contributed by atoms with E-state index in [4.69, 9.17) is 0 Å². The van der Waals surface area contributed by atoms with Crippen LogP contribution in [0.3, 0.4) is 0 Å². The molecule has 0 rings (SSSR count). The number of aliphatic hydroxyl groups is 1. The molecule has 0 radical (unpaired) electrons. The van der Waals surface area contributed by atoms with E-state index in [0.29, 0.717) is 12.0 Å². The van der Waals surface area contributed by atoms with Crippen molar-refractivity contribution < 1.29 is 5.11 Å². The van der Waals surface area contributed by atoms with Crippen LogP contribution < -0.4 is 0 Å². The first-order valence-corrected chi connectivity index (χ1v) is 5.44. The number of hydrogen-bond acceptors (Lipinski definition) is 1.